The SMILES string of the molecule is Cc1ccc(C(=O)N2C[C@H]3CC[C@H](Cc4cc(C)ncn4)[C@H]3C2)cn1. The van der Waals surface area contributed by atoms with Crippen molar-refractivity contribution >= 4 is 5.91 Å². The van der Waals surface area contributed by atoms with Gasteiger partial charge in [0.25, 0.3) is 5.91 Å². The molecule has 1 saturated carbocycles. The fourth-order valence-corrected chi connectivity index (χ4v) is 4.46. The van der Waals surface area contributed by atoms with Crippen molar-refractivity contribution in [2.24, 2.45) is 17.8 Å². The summed E-state index contributed by atoms with van der Waals surface area (Å²) in [6, 6.07) is 5.88. The topological polar surface area (TPSA) is 59.0 Å². The van der Waals surface area contributed by atoms with Crippen LogP contribution in [0.15, 0.2) is 30.7 Å². The van der Waals surface area contributed by atoms with Gasteiger partial charge in [-0.3, -0.25) is 9.78 Å². The Morgan fingerprint density at radius 2 is 2.00 bits per heavy atom. The van der Waals surface area contributed by atoms with E-state index < -0.39 is 0 Å². The molecule has 0 spiro atoms. The van der Waals surface area contributed by atoms with Crippen molar-refractivity contribution in [3.63, 3.8) is 0 Å². The number of pyridine rings is 1. The van der Waals surface area contributed by atoms with E-state index in [0.29, 0.717) is 23.3 Å². The van der Waals surface area contributed by atoms with E-state index in [1.807, 2.05) is 30.9 Å². The first-order valence-corrected chi connectivity index (χ1v) is 9.09. The molecule has 25 heavy (non-hydrogen) atoms. The number of carbonyl (C=O) groups excluding carboxylic acids is 1. The smallest absolute Gasteiger partial charge is 0.255 e. The van der Waals surface area contributed by atoms with Gasteiger partial charge in [-0.15, -0.1) is 0 Å². The van der Waals surface area contributed by atoms with Gasteiger partial charge in [0.2, 0.25) is 0 Å². The summed E-state index contributed by atoms with van der Waals surface area (Å²) in [7, 11) is 0. The third-order valence-corrected chi connectivity index (χ3v) is 5.78. The highest BCUT2D eigenvalue weighted by Crippen LogP contribution is 2.43. The maximum absolute atomic E-state index is 12.8. The zero-order valence-corrected chi connectivity index (χ0v) is 14.9. The summed E-state index contributed by atoms with van der Waals surface area (Å²) in [4.78, 5) is 27.7. The predicted octanol–water partition coefficient (Wildman–Crippen LogP) is 2.83. The summed E-state index contributed by atoms with van der Waals surface area (Å²) in [5.41, 5.74) is 3.80. The summed E-state index contributed by atoms with van der Waals surface area (Å²) in [5.74, 6) is 1.97. The zero-order valence-electron chi connectivity index (χ0n) is 14.9. The highest BCUT2D eigenvalue weighted by atomic mass is 16.2. The molecule has 1 amide bonds. The Morgan fingerprint density at radius 1 is 1.12 bits per heavy atom. The van der Waals surface area contributed by atoms with E-state index in [2.05, 4.69) is 21.0 Å². The summed E-state index contributed by atoms with van der Waals surface area (Å²) >= 11 is 0. The van der Waals surface area contributed by atoms with E-state index in [-0.39, 0.29) is 5.91 Å². The van der Waals surface area contributed by atoms with Gasteiger partial charge >= 0.3 is 0 Å². The van der Waals surface area contributed by atoms with Crippen molar-refractivity contribution in [3.05, 3.63) is 53.4 Å². The Balaban J connectivity index is 1.44. The average Bonchev–Trinajstić information content (AvgIpc) is 3.17. The molecule has 2 fully saturated rings. The van der Waals surface area contributed by atoms with Gasteiger partial charge in [0.1, 0.15) is 6.33 Å². The van der Waals surface area contributed by atoms with Gasteiger partial charge in [0.05, 0.1) is 5.56 Å². The Bertz CT molecular complexity index is 774. The van der Waals surface area contributed by atoms with Crippen LogP contribution in [0.2, 0.25) is 0 Å². The molecule has 3 atom stereocenters. The first-order valence-electron chi connectivity index (χ1n) is 9.09. The van der Waals surface area contributed by atoms with E-state index >= 15 is 0 Å². The quantitative estimate of drug-likeness (QED) is 0.865. The van der Waals surface area contributed by atoms with Gasteiger partial charge < -0.3 is 4.90 Å². The highest BCUT2D eigenvalue weighted by Gasteiger charge is 2.44. The Kier molecular flexibility index (Phi) is 4.24. The van der Waals surface area contributed by atoms with Crippen LogP contribution in [0.5, 0.6) is 0 Å². The van der Waals surface area contributed by atoms with Crippen molar-refractivity contribution in [3.8, 4) is 0 Å². The molecular weight excluding hydrogens is 312 g/mol. The number of hydrogen-bond donors (Lipinski definition) is 0. The second-order valence-corrected chi connectivity index (χ2v) is 7.51. The third kappa shape index (κ3) is 3.28. The minimum atomic E-state index is 0.124. The zero-order chi connectivity index (χ0) is 17.4. The van der Waals surface area contributed by atoms with E-state index in [1.54, 1.807) is 12.5 Å². The largest absolute Gasteiger partial charge is 0.338 e. The molecule has 1 aliphatic heterocycles. The molecule has 3 heterocycles. The van der Waals surface area contributed by atoms with Crippen LogP contribution < -0.4 is 0 Å². The van der Waals surface area contributed by atoms with Gasteiger partial charge in [-0.1, -0.05) is 0 Å². The number of rotatable bonds is 3. The van der Waals surface area contributed by atoms with Gasteiger partial charge in [-0.2, -0.15) is 0 Å². The van der Waals surface area contributed by atoms with Crippen molar-refractivity contribution < 1.29 is 4.79 Å². The second-order valence-electron chi connectivity index (χ2n) is 7.51. The molecule has 2 aliphatic rings. The predicted molar refractivity (Wildman–Crippen MR) is 95.1 cm³/mol. The molecule has 0 unspecified atom stereocenters. The van der Waals surface area contributed by atoms with Crippen molar-refractivity contribution in [2.45, 2.75) is 33.1 Å². The third-order valence-electron chi connectivity index (χ3n) is 5.78. The first-order chi connectivity index (χ1) is 12.1. The van der Waals surface area contributed by atoms with Gasteiger partial charge in [-0.05, 0) is 69.1 Å². The first kappa shape index (κ1) is 16.2. The molecule has 2 aromatic rings. The van der Waals surface area contributed by atoms with Crippen LogP contribution in [0.25, 0.3) is 0 Å². The standard InChI is InChI=1S/C20H24N4O/c1-13-3-4-16(9-21-13)20(25)24-10-17-6-5-15(19(17)11-24)8-18-7-14(2)22-12-23-18/h3-4,7,9,12,15,17,19H,5-6,8,10-11H2,1-2H3/t15-,17-,19-/m1/s1. The summed E-state index contributed by atoms with van der Waals surface area (Å²) < 4.78 is 0. The number of nitrogens with zero attached hydrogens (tertiary/aromatic N) is 4. The minimum absolute atomic E-state index is 0.124. The molecular formula is C20H24N4O. The van der Waals surface area contributed by atoms with Crippen LogP contribution in [0, 0.1) is 31.6 Å². The summed E-state index contributed by atoms with van der Waals surface area (Å²) in [6.45, 7) is 5.70. The number of carbonyl (C=O) groups is 1. The lowest BCUT2D eigenvalue weighted by Crippen LogP contribution is -2.30. The van der Waals surface area contributed by atoms with Crippen LogP contribution in [0.1, 0.15) is 40.3 Å². The van der Waals surface area contributed by atoms with Crippen LogP contribution in [-0.2, 0) is 6.42 Å². The molecule has 5 heteroatoms. The molecule has 1 aliphatic carbocycles. The van der Waals surface area contributed by atoms with Gasteiger partial charge in [-0.25, -0.2) is 9.97 Å². The Morgan fingerprint density at radius 3 is 2.76 bits per heavy atom. The summed E-state index contributed by atoms with van der Waals surface area (Å²) in [5, 5.41) is 0. The lowest BCUT2D eigenvalue weighted by atomic mass is 9.89. The molecule has 5 nitrogen and oxygen atoms in total. The average molecular weight is 336 g/mol. The number of likely N-dealkylation sites (tertiary alicyclic amines) is 1. The second kappa shape index (κ2) is 6.54. The molecule has 0 radical (unpaired) electrons. The van der Waals surface area contributed by atoms with Gasteiger partial charge in [0, 0.05) is 36.4 Å². The molecule has 0 aromatic carbocycles. The minimum Gasteiger partial charge on any atom is -0.338 e. The molecule has 4 rings (SSSR count). The van der Waals surface area contributed by atoms with E-state index in [9.17, 15) is 4.79 Å². The Labute approximate surface area is 148 Å². The van der Waals surface area contributed by atoms with Crippen LogP contribution >= 0.6 is 0 Å². The fraction of sp³-hybridized carbons (Fsp3) is 0.500. The Hall–Kier alpha value is -2.30. The number of aromatic nitrogens is 3. The molecule has 2 aromatic heterocycles. The van der Waals surface area contributed by atoms with E-state index in [0.717, 1.165) is 36.6 Å². The number of hydrogen-bond acceptors (Lipinski definition) is 4. The van der Waals surface area contributed by atoms with E-state index in [4.69, 9.17) is 0 Å². The van der Waals surface area contributed by atoms with E-state index in [1.165, 1.54) is 12.8 Å². The number of fused-ring (bicyclic) bond motifs is 1. The fourth-order valence-electron chi connectivity index (χ4n) is 4.46. The van der Waals surface area contributed by atoms with Crippen LogP contribution in [0.4, 0.5) is 0 Å². The molecule has 1 saturated heterocycles. The molecule has 130 valence electrons. The number of amides is 1. The molecule has 0 N–H and O–H groups in total. The maximum atomic E-state index is 12.8. The van der Waals surface area contributed by atoms with Crippen molar-refractivity contribution in [2.75, 3.05) is 13.1 Å². The van der Waals surface area contributed by atoms with Crippen LogP contribution in [-0.4, -0.2) is 38.8 Å². The lowest BCUT2D eigenvalue weighted by Gasteiger charge is -2.20. The van der Waals surface area contributed by atoms with Gasteiger partial charge in [0.15, 0.2) is 0 Å². The highest BCUT2D eigenvalue weighted by molar-refractivity contribution is 5.94. The normalized spacial score (nSPS) is 25.2. The van der Waals surface area contributed by atoms with Crippen molar-refractivity contribution in [1.29, 1.82) is 0 Å². The lowest BCUT2D eigenvalue weighted by molar-refractivity contribution is 0.0776. The van der Waals surface area contributed by atoms with Crippen molar-refractivity contribution in [1.82, 2.24) is 19.9 Å². The van der Waals surface area contributed by atoms with Crippen LogP contribution in [0.3, 0.4) is 0 Å². The maximum Gasteiger partial charge on any atom is 0.255 e. The molecule has 0 bridgehead atoms. The summed E-state index contributed by atoms with van der Waals surface area (Å²) in [6.07, 6.45) is 6.82. The monoisotopic (exact) mass is 336 g/mol. The number of aryl methyl sites for hydroxylation is 2.